The van der Waals surface area contributed by atoms with E-state index in [0.717, 1.165) is 28.8 Å². The summed E-state index contributed by atoms with van der Waals surface area (Å²) in [6.45, 7) is 9.32. The van der Waals surface area contributed by atoms with Gasteiger partial charge in [0.1, 0.15) is 12.1 Å². The van der Waals surface area contributed by atoms with Gasteiger partial charge in [-0.05, 0) is 82.0 Å². The van der Waals surface area contributed by atoms with Crippen molar-refractivity contribution in [3.05, 3.63) is 75.5 Å². The summed E-state index contributed by atoms with van der Waals surface area (Å²) < 4.78 is 51.9. The Morgan fingerprint density at radius 1 is 1.06 bits per heavy atom. The molecule has 0 aliphatic carbocycles. The number of halogens is 3. The van der Waals surface area contributed by atoms with Crippen LogP contribution in [0.4, 0.5) is 13.2 Å². The third-order valence-corrected chi connectivity index (χ3v) is 5.46. The van der Waals surface area contributed by atoms with E-state index in [1.54, 1.807) is 20.8 Å². The molecule has 0 unspecified atom stereocenters. The van der Waals surface area contributed by atoms with Crippen molar-refractivity contribution >= 4 is 5.97 Å². The molecule has 7 nitrogen and oxygen atoms in total. The van der Waals surface area contributed by atoms with E-state index in [-0.39, 0.29) is 13.2 Å². The van der Waals surface area contributed by atoms with Gasteiger partial charge in [0.15, 0.2) is 5.60 Å². The molecule has 1 heterocycles. The van der Waals surface area contributed by atoms with E-state index in [1.165, 1.54) is 27.7 Å². The molecule has 0 spiro atoms. The molecule has 0 fully saturated rings. The van der Waals surface area contributed by atoms with Crippen LogP contribution in [0.2, 0.25) is 0 Å². The highest BCUT2D eigenvalue weighted by Crippen LogP contribution is 2.30. The highest BCUT2D eigenvalue weighted by molar-refractivity contribution is 5.79. The minimum absolute atomic E-state index is 0.260. The lowest BCUT2D eigenvalue weighted by molar-refractivity contribution is -0.158. The summed E-state index contributed by atoms with van der Waals surface area (Å²) in [4.78, 5) is 24.9. The van der Waals surface area contributed by atoms with Crippen molar-refractivity contribution in [2.45, 2.75) is 59.4 Å². The van der Waals surface area contributed by atoms with Crippen molar-refractivity contribution in [3.63, 3.8) is 0 Å². The molecule has 0 amide bonds. The summed E-state index contributed by atoms with van der Waals surface area (Å²) in [5, 5.41) is 4.09. The number of esters is 1. The molecule has 0 atom stereocenters. The van der Waals surface area contributed by atoms with E-state index >= 15 is 0 Å². The summed E-state index contributed by atoms with van der Waals surface area (Å²) in [6, 6.07) is 8.16. The molecule has 0 radical (unpaired) electrons. The highest BCUT2D eigenvalue weighted by atomic mass is 19.4. The SMILES string of the molecule is CCOC(=O)C(C)(C)Oc1c(C)cc(CCn2ncn(-c3ccc(C(F)(F)F)cc3)c2=O)cc1C. The molecule has 0 saturated carbocycles. The first-order valence-electron chi connectivity index (χ1n) is 11.1. The Kier molecular flexibility index (Phi) is 7.42. The maximum absolute atomic E-state index is 12.8. The Morgan fingerprint density at radius 3 is 2.20 bits per heavy atom. The van der Waals surface area contributed by atoms with Crippen molar-refractivity contribution in [1.29, 1.82) is 0 Å². The van der Waals surface area contributed by atoms with E-state index in [9.17, 15) is 22.8 Å². The second-order valence-electron chi connectivity index (χ2n) is 8.69. The normalized spacial score (nSPS) is 12.0. The number of carbonyl (C=O) groups is 1. The average Bonchev–Trinajstić information content (AvgIpc) is 3.14. The number of hydrogen-bond donors (Lipinski definition) is 0. The summed E-state index contributed by atoms with van der Waals surface area (Å²) in [5.74, 6) is 0.140. The van der Waals surface area contributed by atoms with Crippen LogP contribution in [-0.4, -0.2) is 32.5 Å². The molecular formula is C25H28F3N3O4. The number of ether oxygens (including phenoxy) is 2. The van der Waals surface area contributed by atoms with E-state index in [2.05, 4.69) is 5.10 Å². The predicted molar refractivity (Wildman–Crippen MR) is 124 cm³/mol. The zero-order valence-electron chi connectivity index (χ0n) is 20.3. The van der Waals surface area contributed by atoms with E-state index in [0.29, 0.717) is 17.9 Å². The van der Waals surface area contributed by atoms with Crippen LogP contribution in [-0.2, 0) is 28.7 Å². The lowest BCUT2D eigenvalue weighted by Crippen LogP contribution is -2.40. The molecule has 0 N–H and O–H groups in total. The highest BCUT2D eigenvalue weighted by Gasteiger charge is 2.33. The summed E-state index contributed by atoms with van der Waals surface area (Å²) in [6.07, 6.45) is -2.66. The maximum Gasteiger partial charge on any atom is 0.416 e. The number of aryl methyl sites for hydroxylation is 4. The number of benzene rings is 2. The van der Waals surface area contributed by atoms with Crippen LogP contribution in [0.5, 0.6) is 5.75 Å². The van der Waals surface area contributed by atoms with Crippen molar-refractivity contribution in [3.8, 4) is 11.4 Å². The van der Waals surface area contributed by atoms with Gasteiger partial charge in [0.05, 0.1) is 24.4 Å². The third kappa shape index (κ3) is 5.93. The quantitative estimate of drug-likeness (QED) is 0.430. The van der Waals surface area contributed by atoms with Crippen LogP contribution in [0.15, 0.2) is 47.5 Å². The molecule has 1 aromatic heterocycles. The Hall–Kier alpha value is -3.56. The van der Waals surface area contributed by atoms with Crippen LogP contribution in [0.25, 0.3) is 5.69 Å². The molecule has 188 valence electrons. The first-order valence-corrected chi connectivity index (χ1v) is 11.1. The Labute approximate surface area is 201 Å². The van der Waals surface area contributed by atoms with Gasteiger partial charge in [0, 0.05) is 0 Å². The molecule has 0 aliphatic rings. The summed E-state index contributed by atoms with van der Waals surface area (Å²) in [5.41, 5.74) is 0.523. The van der Waals surface area contributed by atoms with Crippen LogP contribution in [0, 0.1) is 13.8 Å². The number of rotatable bonds is 8. The van der Waals surface area contributed by atoms with Gasteiger partial charge >= 0.3 is 17.8 Å². The monoisotopic (exact) mass is 491 g/mol. The van der Waals surface area contributed by atoms with E-state index in [4.69, 9.17) is 9.47 Å². The van der Waals surface area contributed by atoms with Gasteiger partial charge in [-0.3, -0.25) is 0 Å². The van der Waals surface area contributed by atoms with Crippen LogP contribution < -0.4 is 10.4 Å². The molecule has 0 saturated heterocycles. The number of alkyl halides is 3. The number of nitrogens with zero attached hydrogens (tertiary/aromatic N) is 3. The van der Waals surface area contributed by atoms with Gasteiger partial charge in [0.25, 0.3) is 0 Å². The molecular weight excluding hydrogens is 463 g/mol. The minimum Gasteiger partial charge on any atom is -0.476 e. The second kappa shape index (κ2) is 9.97. The first-order chi connectivity index (χ1) is 16.3. The number of hydrogen-bond acceptors (Lipinski definition) is 5. The topological polar surface area (TPSA) is 75.3 Å². The molecule has 3 aromatic rings. The fraction of sp³-hybridized carbons (Fsp3) is 0.400. The molecule has 0 aliphatic heterocycles. The zero-order chi connectivity index (χ0) is 26.0. The van der Waals surface area contributed by atoms with E-state index < -0.39 is 29.0 Å². The average molecular weight is 492 g/mol. The Morgan fingerprint density at radius 2 is 1.66 bits per heavy atom. The largest absolute Gasteiger partial charge is 0.476 e. The Bertz CT molecular complexity index is 1240. The standard InChI is InChI=1S/C25H28F3N3O4/c1-6-34-22(32)24(4,5)35-21-16(2)13-18(14-17(21)3)11-12-31-23(33)30(15-29-31)20-9-7-19(8-10-20)25(26,27)28/h7-10,13-15H,6,11-12H2,1-5H3. The van der Waals surface area contributed by atoms with Crippen molar-refractivity contribution in [2.24, 2.45) is 0 Å². The third-order valence-electron chi connectivity index (χ3n) is 5.46. The van der Waals surface area contributed by atoms with Crippen LogP contribution in [0.1, 0.15) is 43.0 Å². The number of carbonyl (C=O) groups excluding carboxylic acids is 1. The fourth-order valence-electron chi connectivity index (χ4n) is 3.66. The fourth-order valence-corrected chi connectivity index (χ4v) is 3.66. The zero-order valence-corrected chi connectivity index (χ0v) is 20.3. The smallest absolute Gasteiger partial charge is 0.416 e. The van der Waals surface area contributed by atoms with Gasteiger partial charge in [-0.1, -0.05) is 12.1 Å². The van der Waals surface area contributed by atoms with Gasteiger partial charge in [0.2, 0.25) is 0 Å². The van der Waals surface area contributed by atoms with Crippen molar-refractivity contribution in [2.75, 3.05) is 6.61 Å². The second-order valence-corrected chi connectivity index (χ2v) is 8.69. The maximum atomic E-state index is 12.8. The lowest BCUT2D eigenvalue weighted by Gasteiger charge is -2.26. The van der Waals surface area contributed by atoms with Crippen molar-refractivity contribution < 1.29 is 27.4 Å². The minimum atomic E-state index is -4.45. The first kappa shape index (κ1) is 26.1. The molecule has 0 bridgehead atoms. The van der Waals surface area contributed by atoms with Gasteiger partial charge in [-0.2, -0.15) is 18.3 Å². The molecule has 3 rings (SSSR count). The summed E-state index contributed by atoms with van der Waals surface area (Å²) in [7, 11) is 0. The number of aromatic nitrogens is 3. The Balaban J connectivity index is 1.73. The van der Waals surface area contributed by atoms with Gasteiger partial charge in [-0.25, -0.2) is 18.8 Å². The van der Waals surface area contributed by atoms with Gasteiger partial charge in [-0.15, -0.1) is 0 Å². The molecule has 10 heteroatoms. The van der Waals surface area contributed by atoms with Gasteiger partial charge < -0.3 is 9.47 Å². The lowest BCUT2D eigenvalue weighted by atomic mass is 10.0. The summed E-state index contributed by atoms with van der Waals surface area (Å²) >= 11 is 0. The molecule has 2 aromatic carbocycles. The van der Waals surface area contributed by atoms with Crippen molar-refractivity contribution in [1.82, 2.24) is 14.3 Å². The van der Waals surface area contributed by atoms with Crippen LogP contribution in [0.3, 0.4) is 0 Å². The van der Waals surface area contributed by atoms with E-state index in [1.807, 2.05) is 26.0 Å². The molecule has 35 heavy (non-hydrogen) atoms. The van der Waals surface area contributed by atoms with Crippen LogP contribution >= 0.6 is 0 Å². The predicted octanol–water partition coefficient (Wildman–Crippen LogP) is 4.63.